The van der Waals surface area contributed by atoms with Gasteiger partial charge in [0, 0.05) is 0 Å². The Kier molecular flexibility index (Phi) is 19.9. The summed E-state index contributed by atoms with van der Waals surface area (Å²) < 4.78 is 0. The molecule has 0 amide bonds. The molecular weight excluding hydrogens is 324 g/mol. The molecule has 0 rings (SSSR count). The topological polar surface area (TPSA) is 9.72 Å². The zero-order chi connectivity index (χ0) is 16.9. The molecule has 5 heteroatoms. The summed E-state index contributed by atoms with van der Waals surface area (Å²) in [5, 5.41) is 0. The number of nitrogens with zero attached hydrogens (tertiary/aromatic N) is 3. The van der Waals surface area contributed by atoms with Crippen LogP contribution in [0, 0.1) is 28.2 Å². The molecule has 0 saturated heterocycles. The molecule has 0 aromatic heterocycles. The minimum absolute atomic E-state index is 0. The van der Waals surface area contributed by atoms with Gasteiger partial charge < -0.3 is 28.8 Å². The summed E-state index contributed by atoms with van der Waals surface area (Å²) in [5.74, 6) is 0. The summed E-state index contributed by atoms with van der Waals surface area (Å²) >= 11 is 0. The van der Waals surface area contributed by atoms with Gasteiger partial charge in [-0.2, -0.15) is 0 Å². The van der Waals surface area contributed by atoms with Crippen molar-refractivity contribution in [1.82, 2.24) is 14.7 Å². The molecule has 0 bridgehead atoms. The molecule has 0 N–H and O–H groups in total. The van der Waals surface area contributed by atoms with Crippen molar-refractivity contribution < 1.29 is 103 Å². The normalized spacial score (nSPS) is 12.5. The largest absolute Gasteiger partial charge is 1.00 e. The summed E-state index contributed by atoms with van der Waals surface area (Å²) in [5.41, 5.74) is 0.308. The Hall–Kier alpha value is 3.15. The van der Waals surface area contributed by atoms with Gasteiger partial charge in [-0.3, -0.25) is 14.1 Å². The zero-order valence-electron chi connectivity index (χ0n) is 17.4. The van der Waals surface area contributed by atoms with E-state index in [-0.39, 0.29) is 119 Å². The Morgan fingerprint density at radius 1 is 0.545 bits per heavy atom. The van der Waals surface area contributed by atoms with E-state index in [4.69, 9.17) is 0 Å². The Morgan fingerprint density at radius 2 is 0.727 bits per heavy atom. The molecule has 124 valence electrons. The summed E-state index contributed by atoms with van der Waals surface area (Å²) in [6.07, 6.45) is 0. The van der Waals surface area contributed by atoms with Gasteiger partial charge in [0.2, 0.25) is 0 Å². The summed E-state index contributed by atoms with van der Waals surface area (Å²) in [6, 6.07) is 0. The second kappa shape index (κ2) is 13.3. The molecule has 0 unspecified atom stereocenters. The second-order valence-corrected chi connectivity index (χ2v) is 8.27. The number of hydrogen-bond acceptors (Lipinski definition) is 3. The van der Waals surface area contributed by atoms with Crippen molar-refractivity contribution >= 4 is 0 Å². The third kappa shape index (κ3) is 18.0. The molecule has 0 fully saturated rings. The SMILES string of the molecule is [CH2-]N(CN([CH2-])C(C)(C)C)C(C)(C)C.[CH2-]N([CH2-])C(C)(C)C.[K+].[K+]. The number of rotatable bonds is 2. The molecular formula is C17H37K2N3-2. The summed E-state index contributed by atoms with van der Waals surface area (Å²) in [4.78, 5) is 5.78. The maximum absolute atomic E-state index is 4.01. The first-order valence-electron chi connectivity index (χ1n) is 7.07. The summed E-state index contributed by atoms with van der Waals surface area (Å²) in [6.45, 7) is 19.9. The van der Waals surface area contributed by atoms with E-state index in [2.05, 4.69) is 90.5 Å². The third-order valence-electron chi connectivity index (χ3n) is 3.19. The molecule has 0 heterocycles. The molecule has 0 spiro atoms. The van der Waals surface area contributed by atoms with Gasteiger partial charge in [-0.05, 0) is 64.8 Å². The Bertz CT molecular complexity index is 243. The van der Waals surface area contributed by atoms with Crippen molar-refractivity contribution in [3.8, 4) is 0 Å². The molecule has 0 atom stereocenters. The van der Waals surface area contributed by atoms with E-state index in [1.807, 2.05) is 9.80 Å². The van der Waals surface area contributed by atoms with Crippen LogP contribution in [-0.2, 0) is 0 Å². The van der Waals surface area contributed by atoms with E-state index in [1.165, 1.54) is 0 Å². The quantitative estimate of drug-likeness (QED) is 0.333. The van der Waals surface area contributed by atoms with Crippen LogP contribution in [0.1, 0.15) is 62.3 Å². The fourth-order valence-electron chi connectivity index (χ4n) is 0.630. The average Bonchev–Trinajstić information content (AvgIpc) is 2.13. The molecule has 22 heavy (non-hydrogen) atoms. The molecule has 3 nitrogen and oxygen atoms in total. The zero-order valence-corrected chi connectivity index (χ0v) is 23.6. The van der Waals surface area contributed by atoms with Gasteiger partial charge in [-0.15, -0.1) is 0 Å². The first-order chi connectivity index (χ1) is 8.49. The van der Waals surface area contributed by atoms with Crippen LogP contribution in [0.4, 0.5) is 0 Å². The molecule has 0 radical (unpaired) electrons. The van der Waals surface area contributed by atoms with Crippen LogP contribution >= 0.6 is 0 Å². The van der Waals surface area contributed by atoms with E-state index in [0.29, 0.717) is 0 Å². The summed E-state index contributed by atoms with van der Waals surface area (Å²) in [7, 11) is 15.3. The van der Waals surface area contributed by atoms with Crippen molar-refractivity contribution in [3.05, 3.63) is 28.2 Å². The predicted molar refractivity (Wildman–Crippen MR) is 91.1 cm³/mol. The maximum Gasteiger partial charge on any atom is 1.00 e. The van der Waals surface area contributed by atoms with Gasteiger partial charge in [-0.25, -0.2) is 0 Å². The fourth-order valence-corrected chi connectivity index (χ4v) is 0.630. The van der Waals surface area contributed by atoms with Crippen LogP contribution in [0.2, 0.25) is 0 Å². The van der Waals surface area contributed by atoms with Crippen LogP contribution < -0.4 is 103 Å². The van der Waals surface area contributed by atoms with Crippen LogP contribution in [0.3, 0.4) is 0 Å². The van der Waals surface area contributed by atoms with Crippen molar-refractivity contribution in [2.45, 2.75) is 78.9 Å². The van der Waals surface area contributed by atoms with Crippen molar-refractivity contribution in [2.75, 3.05) is 6.67 Å². The monoisotopic (exact) mass is 361 g/mol. The van der Waals surface area contributed by atoms with Crippen LogP contribution in [0.25, 0.3) is 0 Å². The van der Waals surface area contributed by atoms with Crippen molar-refractivity contribution in [2.24, 2.45) is 0 Å². The molecule has 0 aliphatic carbocycles. The van der Waals surface area contributed by atoms with Gasteiger partial charge in [0.25, 0.3) is 0 Å². The molecule has 0 aliphatic rings. The van der Waals surface area contributed by atoms with Crippen molar-refractivity contribution in [1.29, 1.82) is 0 Å². The standard InChI is InChI=1S/C11H24N2.C6H13N.2K/c1-10(2,3)12(7)9-13(8)11(4,5)6;1-6(2,3)7(4)5;;/h7-9H2,1-6H3;4-5H2,1-3H3;;/q2*-2;2*+1. The minimum Gasteiger partial charge on any atom is -0.606 e. The molecule has 0 saturated carbocycles. The van der Waals surface area contributed by atoms with Crippen LogP contribution in [-0.4, -0.2) is 38.0 Å². The van der Waals surface area contributed by atoms with Crippen molar-refractivity contribution in [3.63, 3.8) is 0 Å². The maximum atomic E-state index is 4.01. The van der Waals surface area contributed by atoms with Crippen LogP contribution in [0.15, 0.2) is 0 Å². The number of hydrogen-bond donors (Lipinski definition) is 0. The Balaban J connectivity index is -0.000000156. The van der Waals surface area contributed by atoms with E-state index < -0.39 is 0 Å². The fraction of sp³-hybridized carbons (Fsp3) is 0.765. The Morgan fingerprint density at radius 3 is 0.818 bits per heavy atom. The van der Waals surface area contributed by atoms with E-state index in [9.17, 15) is 0 Å². The first kappa shape index (κ1) is 32.8. The molecule has 0 aromatic rings. The minimum atomic E-state index is 0. The molecule has 0 aliphatic heterocycles. The van der Waals surface area contributed by atoms with E-state index in [0.717, 1.165) is 6.67 Å². The van der Waals surface area contributed by atoms with E-state index in [1.54, 1.807) is 4.90 Å². The second-order valence-electron chi connectivity index (χ2n) is 8.27. The smallest absolute Gasteiger partial charge is 0.606 e. The predicted octanol–water partition coefficient (Wildman–Crippen LogP) is -1.59. The van der Waals surface area contributed by atoms with Gasteiger partial charge >= 0.3 is 103 Å². The molecule has 0 aromatic carbocycles. The van der Waals surface area contributed by atoms with Gasteiger partial charge in [0.05, 0.1) is 0 Å². The van der Waals surface area contributed by atoms with E-state index >= 15 is 0 Å². The Labute approximate surface area is 227 Å². The van der Waals surface area contributed by atoms with Gasteiger partial charge in [0.15, 0.2) is 0 Å². The van der Waals surface area contributed by atoms with Crippen LogP contribution in [0.5, 0.6) is 0 Å². The van der Waals surface area contributed by atoms with Gasteiger partial charge in [-0.1, -0.05) is 20.8 Å². The average molecular weight is 362 g/mol. The van der Waals surface area contributed by atoms with Gasteiger partial charge in [0.1, 0.15) is 0 Å². The third-order valence-corrected chi connectivity index (χ3v) is 3.19. The first-order valence-corrected chi connectivity index (χ1v) is 7.07.